The van der Waals surface area contributed by atoms with E-state index in [-0.39, 0.29) is 12.3 Å². The van der Waals surface area contributed by atoms with Crippen LogP contribution in [0.5, 0.6) is 0 Å². The van der Waals surface area contributed by atoms with Gasteiger partial charge in [0.15, 0.2) is 5.82 Å². The van der Waals surface area contributed by atoms with Gasteiger partial charge in [-0.3, -0.25) is 0 Å². The minimum Gasteiger partial charge on any atom is -0.381 e. The minimum atomic E-state index is -4.36. The van der Waals surface area contributed by atoms with Gasteiger partial charge in [0.25, 0.3) is 0 Å². The van der Waals surface area contributed by atoms with Crippen molar-refractivity contribution in [3.63, 3.8) is 0 Å². The van der Waals surface area contributed by atoms with Crippen LogP contribution in [0.4, 0.5) is 13.2 Å². The molecular weight excluding hydrogens is 375 g/mol. The summed E-state index contributed by atoms with van der Waals surface area (Å²) in [7, 11) is 0. The summed E-state index contributed by atoms with van der Waals surface area (Å²) in [6.07, 6.45) is -1.21. The van der Waals surface area contributed by atoms with Gasteiger partial charge in [-0.1, -0.05) is 12.1 Å². The summed E-state index contributed by atoms with van der Waals surface area (Å²) in [5.41, 5.74) is 1.58. The fraction of sp³-hybridized carbons (Fsp3) is 0.471. The highest BCUT2D eigenvalue weighted by Crippen LogP contribution is 2.26. The predicted octanol–water partition coefficient (Wildman–Crippen LogP) is 2.30. The Hall–Kier alpha value is -2.82. The smallest absolute Gasteiger partial charge is 0.381 e. The number of halogens is 3. The van der Waals surface area contributed by atoms with E-state index < -0.39 is 12.7 Å². The van der Waals surface area contributed by atoms with E-state index in [4.69, 9.17) is 4.74 Å². The molecule has 2 aromatic heterocycles. The van der Waals surface area contributed by atoms with Gasteiger partial charge in [0.2, 0.25) is 0 Å². The van der Waals surface area contributed by atoms with Crippen molar-refractivity contribution >= 4 is 0 Å². The van der Waals surface area contributed by atoms with Gasteiger partial charge >= 0.3 is 6.18 Å². The molecule has 0 atom stereocenters. The first-order valence-corrected chi connectivity index (χ1v) is 8.88. The molecule has 1 aliphatic rings. The summed E-state index contributed by atoms with van der Waals surface area (Å²) in [6.45, 7) is 0.0000930. The summed E-state index contributed by atoms with van der Waals surface area (Å²) in [6, 6.07) is 7.24. The number of tetrazole rings is 1. The Labute approximate surface area is 158 Å². The Morgan fingerprint density at radius 3 is 2.50 bits per heavy atom. The molecule has 0 bridgehead atoms. The number of aromatic nitrogens is 7. The van der Waals surface area contributed by atoms with Crippen molar-refractivity contribution in [3.05, 3.63) is 47.8 Å². The largest absolute Gasteiger partial charge is 0.408 e. The molecule has 1 fully saturated rings. The zero-order valence-corrected chi connectivity index (χ0v) is 14.9. The van der Waals surface area contributed by atoms with Gasteiger partial charge in [-0.05, 0) is 41.0 Å². The molecule has 3 aromatic rings. The normalized spacial score (nSPS) is 15.8. The minimum absolute atomic E-state index is 0.0316. The fourth-order valence-electron chi connectivity index (χ4n) is 3.18. The van der Waals surface area contributed by atoms with Crippen molar-refractivity contribution in [1.29, 1.82) is 0 Å². The molecule has 11 heteroatoms. The lowest BCUT2D eigenvalue weighted by molar-refractivity contribution is -0.143. The highest BCUT2D eigenvalue weighted by atomic mass is 19.4. The third-order valence-corrected chi connectivity index (χ3v) is 4.59. The molecule has 0 spiro atoms. The molecular formula is C17H18F3N7O. The first-order valence-electron chi connectivity index (χ1n) is 8.88. The van der Waals surface area contributed by atoms with Crippen LogP contribution in [0.25, 0.3) is 5.69 Å². The molecule has 1 aliphatic heterocycles. The second-order valence-corrected chi connectivity index (χ2v) is 6.64. The maximum Gasteiger partial charge on any atom is 0.408 e. The van der Waals surface area contributed by atoms with E-state index in [0.717, 1.165) is 28.8 Å². The standard InChI is InChI=1S/C17H18F3N7O/c18-17(19,20)10-26-15(22-16(23-26)13-5-7-28-8-6-13)9-12-1-3-14(4-2-12)27-11-21-24-25-27/h1-4,11,13H,5-10H2. The van der Waals surface area contributed by atoms with Crippen LogP contribution in [-0.2, 0) is 17.7 Å². The molecule has 8 nitrogen and oxygen atoms in total. The van der Waals surface area contributed by atoms with Gasteiger partial charge in [0.05, 0.1) is 5.69 Å². The average Bonchev–Trinajstić information content (AvgIpc) is 3.33. The van der Waals surface area contributed by atoms with Crippen molar-refractivity contribution < 1.29 is 17.9 Å². The van der Waals surface area contributed by atoms with Crippen LogP contribution in [0.3, 0.4) is 0 Å². The van der Waals surface area contributed by atoms with Gasteiger partial charge in [-0.25, -0.2) is 14.3 Å². The molecule has 0 amide bonds. The first kappa shape index (κ1) is 18.5. The van der Waals surface area contributed by atoms with Crippen LogP contribution >= 0.6 is 0 Å². The van der Waals surface area contributed by atoms with Gasteiger partial charge < -0.3 is 4.74 Å². The summed E-state index contributed by atoms with van der Waals surface area (Å²) >= 11 is 0. The van der Waals surface area contributed by atoms with E-state index in [1.54, 1.807) is 12.1 Å². The van der Waals surface area contributed by atoms with Gasteiger partial charge in [0, 0.05) is 25.6 Å². The molecule has 1 saturated heterocycles. The van der Waals surface area contributed by atoms with Gasteiger partial charge in [0.1, 0.15) is 18.7 Å². The number of hydrogen-bond donors (Lipinski definition) is 0. The summed E-state index contributed by atoms with van der Waals surface area (Å²) in [5.74, 6) is 0.797. The number of benzene rings is 1. The van der Waals surface area contributed by atoms with E-state index in [0.29, 0.717) is 24.9 Å². The van der Waals surface area contributed by atoms with Crippen LogP contribution in [0.2, 0.25) is 0 Å². The zero-order valence-electron chi connectivity index (χ0n) is 14.9. The maximum atomic E-state index is 13.0. The van der Waals surface area contributed by atoms with Crippen molar-refractivity contribution in [2.24, 2.45) is 0 Å². The lowest BCUT2D eigenvalue weighted by atomic mass is 10.00. The molecule has 0 N–H and O–H groups in total. The molecule has 28 heavy (non-hydrogen) atoms. The van der Waals surface area contributed by atoms with Crippen LogP contribution in [0.1, 0.15) is 36.0 Å². The monoisotopic (exact) mass is 393 g/mol. The highest BCUT2D eigenvalue weighted by molar-refractivity contribution is 5.34. The van der Waals surface area contributed by atoms with Crippen LogP contribution in [0, 0.1) is 0 Å². The quantitative estimate of drug-likeness (QED) is 0.662. The van der Waals surface area contributed by atoms with Crippen molar-refractivity contribution in [2.45, 2.75) is 37.9 Å². The van der Waals surface area contributed by atoms with Gasteiger partial charge in [-0.2, -0.15) is 18.3 Å². The lowest BCUT2D eigenvalue weighted by Gasteiger charge is -2.18. The van der Waals surface area contributed by atoms with Crippen molar-refractivity contribution in [2.75, 3.05) is 13.2 Å². The Balaban J connectivity index is 1.57. The second-order valence-electron chi connectivity index (χ2n) is 6.64. The third kappa shape index (κ3) is 4.35. The topological polar surface area (TPSA) is 83.5 Å². The van der Waals surface area contributed by atoms with Crippen LogP contribution < -0.4 is 0 Å². The summed E-state index contributed by atoms with van der Waals surface area (Å²) in [4.78, 5) is 4.44. The van der Waals surface area contributed by atoms with E-state index in [9.17, 15) is 13.2 Å². The Bertz CT molecular complexity index is 900. The molecule has 0 saturated carbocycles. The predicted molar refractivity (Wildman–Crippen MR) is 90.8 cm³/mol. The van der Waals surface area contributed by atoms with E-state index >= 15 is 0 Å². The van der Waals surface area contributed by atoms with Crippen LogP contribution in [0.15, 0.2) is 30.6 Å². The Morgan fingerprint density at radius 2 is 1.86 bits per heavy atom. The zero-order chi connectivity index (χ0) is 19.6. The van der Waals surface area contributed by atoms with E-state index in [1.165, 1.54) is 11.0 Å². The fourth-order valence-corrected chi connectivity index (χ4v) is 3.18. The van der Waals surface area contributed by atoms with Gasteiger partial charge in [-0.15, -0.1) is 5.10 Å². The number of ether oxygens (including phenoxy) is 1. The lowest BCUT2D eigenvalue weighted by Crippen LogP contribution is -2.21. The number of nitrogens with zero attached hydrogens (tertiary/aromatic N) is 7. The number of hydrogen-bond acceptors (Lipinski definition) is 6. The molecule has 3 heterocycles. The SMILES string of the molecule is FC(F)(F)Cn1nc(C2CCOCC2)nc1Cc1ccc(-n2cnnn2)cc1. The highest BCUT2D eigenvalue weighted by Gasteiger charge is 2.31. The molecule has 4 rings (SSSR count). The third-order valence-electron chi connectivity index (χ3n) is 4.59. The molecule has 0 unspecified atom stereocenters. The summed E-state index contributed by atoms with van der Waals surface area (Å²) < 4.78 is 46.8. The van der Waals surface area contributed by atoms with Crippen molar-refractivity contribution in [1.82, 2.24) is 35.0 Å². The Kier molecular flexibility index (Phi) is 5.07. The molecule has 1 aromatic carbocycles. The van der Waals surface area contributed by atoms with Crippen LogP contribution in [-0.4, -0.2) is 54.4 Å². The second kappa shape index (κ2) is 7.66. The molecule has 0 radical (unpaired) electrons. The molecule has 0 aliphatic carbocycles. The first-order chi connectivity index (χ1) is 13.5. The maximum absolute atomic E-state index is 13.0. The Morgan fingerprint density at radius 1 is 1.11 bits per heavy atom. The summed E-state index contributed by atoms with van der Waals surface area (Å²) in [5, 5.41) is 15.1. The molecule has 148 valence electrons. The van der Waals surface area contributed by atoms with Crippen molar-refractivity contribution in [3.8, 4) is 5.69 Å². The average molecular weight is 393 g/mol. The number of rotatable bonds is 5. The van der Waals surface area contributed by atoms with E-state index in [2.05, 4.69) is 25.6 Å². The van der Waals surface area contributed by atoms with E-state index in [1.807, 2.05) is 12.1 Å². The number of alkyl halides is 3.